The molecule has 3 N–H and O–H groups in total. The molecular weight excluding hydrogens is 394 g/mol. The van der Waals surface area contributed by atoms with Gasteiger partial charge in [-0.15, -0.1) is 0 Å². The van der Waals surface area contributed by atoms with Crippen LogP contribution in [0.5, 0.6) is 0 Å². The predicted molar refractivity (Wildman–Crippen MR) is 122 cm³/mol. The van der Waals surface area contributed by atoms with Crippen molar-refractivity contribution in [1.29, 1.82) is 0 Å². The van der Waals surface area contributed by atoms with Crippen LogP contribution >= 0.6 is 0 Å². The van der Waals surface area contributed by atoms with Crippen LogP contribution in [0.15, 0.2) is 48.5 Å². The topological polar surface area (TPSA) is 96.5 Å². The number of benzene rings is 2. The number of hydrogen-bond acceptors (Lipinski definition) is 4. The largest absolute Gasteiger partial charge is 0.444 e. The molecule has 0 spiro atoms. The molecule has 3 amide bonds. The van der Waals surface area contributed by atoms with Gasteiger partial charge in [-0.25, -0.2) is 4.79 Å². The fraction of sp³-hybridized carbons (Fsp3) is 0.375. The summed E-state index contributed by atoms with van der Waals surface area (Å²) >= 11 is 0. The predicted octanol–water partition coefficient (Wildman–Crippen LogP) is 4.42. The molecule has 2 aromatic carbocycles. The molecule has 0 radical (unpaired) electrons. The highest BCUT2D eigenvalue weighted by molar-refractivity contribution is 5.99. The number of carbonyl (C=O) groups is 3. The number of rotatable bonds is 8. The van der Waals surface area contributed by atoms with Gasteiger partial charge in [0.25, 0.3) is 0 Å². The Labute approximate surface area is 183 Å². The van der Waals surface area contributed by atoms with Gasteiger partial charge >= 0.3 is 6.09 Å². The third-order valence-electron chi connectivity index (χ3n) is 4.22. The van der Waals surface area contributed by atoms with Gasteiger partial charge in [-0.3, -0.25) is 9.59 Å². The van der Waals surface area contributed by atoms with E-state index in [0.717, 1.165) is 11.1 Å². The number of carbonyl (C=O) groups excluding carboxylic acids is 3. The van der Waals surface area contributed by atoms with Gasteiger partial charge < -0.3 is 20.7 Å². The molecule has 7 heteroatoms. The number of anilines is 2. The van der Waals surface area contributed by atoms with Crippen molar-refractivity contribution in [2.45, 2.75) is 52.6 Å². The van der Waals surface area contributed by atoms with Crippen molar-refractivity contribution in [2.24, 2.45) is 0 Å². The van der Waals surface area contributed by atoms with E-state index in [1.807, 2.05) is 25.1 Å². The van der Waals surface area contributed by atoms with Gasteiger partial charge in [-0.05, 0) is 51.8 Å². The molecular formula is C24H31N3O4. The lowest BCUT2D eigenvalue weighted by atomic mass is 10.1. The summed E-state index contributed by atoms with van der Waals surface area (Å²) in [7, 11) is 0. The maximum Gasteiger partial charge on any atom is 0.407 e. The molecule has 0 aliphatic rings. The maximum atomic E-state index is 12.4. The first-order valence-electron chi connectivity index (χ1n) is 10.3. The highest BCUT2D eigenvalue weighted by Crippen LogP contribution is 2.21. The van der Waals surface area contributed by atoms with Gasteiger partial charge in [-0.1, -0.05) is 42.0 Å². The Kier molecular flexibility index (Phi) is 8.61. The second-order valence-corrected chi connectivity index (χ2v) is 8.31. The zero-order valence-corrected chi connectivity index (χ0v) is 18.6. The zero-order chi connectivity index (χ0) is 22.9. The fourth-order valence-corrected chi connectivity index (χ4v) is 2.84. The van der Waals surface area contributed by atoms with Crippen LogP contribution in [0.2, 0.25) is 0 Å². The molecule has 166 valence electrons. The first kappa shape index (κ1) is 23.9. The number of aryl methyl sites for hydroxylation is 2. The van der Waals surface area contributed by atoms with E-state index in [0.29, 0.717) is 24.2 Å². The monoisotopic (exact) mass is 425 g/mol. The minimum Gasteiger partial charge on any atom is -0.444 e. The average molecular weight is 426 g/mol. The maximum absolute atomic E-state index is 12.4. The molecule has 0 aliphatic carbocycles. The molecule has 0 aromatic heterocycles. The Balaban J connectivity index is 1.83. The lowest BCUT2D eigenvalue weighted by Crippen LogP contribution is -2.34. The summed E-state index contributed by atoms with van der Waals surface area (Å²) in [6, 6.07) is 15.1. The summed E-state index contributed by atoms with van der Waals surface area (Å²) in [5.74, 6) is -0.410. The number of alkyl carbamates (subject to hydrolysis) is 1. The Morgan fingerprint density at radius 3 is 2.06 bits per heavy atom. The van der Waals surface area contributed by atoms with Crippen molar-refractivity contribution in [3.63, 3.8) is 0 Å². The zero-order valence-electron chi connectivity index (χ0n) is 18.6. The third-order valence-corrected chi connectivity index (χ3v) is 4.22. The SMILES string of the molecule is Cc1cccc(CCC(=O)Nc2ccccc2NC(=O)CCNC(=O)OC(C)(C)C)c1. The van der Waals surface area contributed by atoms with E-state index in [-0.39, 0.29) is 24.8 Å². The highest BCUT2D eigenvalue weighted by atomic mass is 16.6. The van der Waals surface area contributed by atoms with Crippen molar-refractivity contribution in [1.82, 2.24) is 5.32 Å². The number of nitrogens with one attached hydrogen (secondary N) is 3. The van der Waals surface area contributed by atoms with Crippen molar-refractivity contribution >= 4 is 29.3 Å². The van der Waals surface area contributed by atoms with Crippen molar-refractivity contribution in [2.75, 3.05) is 17.2 Å². The molecule has 0 fully saturated rings. The molecule has 0 aliphatic heterocycles. The van der Waals surface area contributed by atoms with E-state index >= 15 is 0 Å². The smallest absolute Gasteiger partial charge is 0.407 e. The molecule has 2 rings (SSSR count). The Hall–Kier alpha value is -3.35. The summed E-state index contributed by atoms with van der Waals surface area (Å²) in [5.41, 5.74) is 2.71. The molecule has 0 bridgehead atoms. The van der Waals surface area contributed by atoms with Crippen molar-refractivity contribution < 1.29 is 19.1 Å². The van der Waals surface area contributed by atoms with E-state index in [9.17, 15) is 14.4 Å². The molecule has 0 heterocycles. The minimum atomic E-state index is -0.594. The van der Waals surface area contributed by atoms with Crippen molar-refractivity contribution in [3.05, 3.63) is 59.7 Å². The second-order valence-electron chi connectivity index (χ2n) is 8.31. The average Bonchev–Trinajstić information content (AvgIpc) is 2.66. The Morgan fingerprint density at radius 2 is 1.48 bits per heavy atom. The van der Waals surface area contributed by atoms with Crippen molar-refractivity contribution in [3.8, 4) is 0 Å². The molecule has 7 nitrogen and oxygen atoms in total. The van der Waals surface area contributed by atoms with Crippen LogP contribution in [0.25, 0.3) is 0 Å². The van der Waals surface area contributed by atoms with Gasteiger partial charge in [0.15, 0.2) is 0 Å². The van der Waals surface area contributed by atoms with Gasteiger partial charge in [-0.2, -0.15) is 0 Å². The first-order valence-corrected chi connectivity index (χ1v) is 10.3. The van der Waals surface area contributed by atoms with E-state index < -0.39 is 11.7 Å². The summed E-state index contributed by atoms with van der Waals surface area (Å²) in [6.45, 7) is 7.47. The summed E-state index contributed by atoms with van der Waals surface area (Å²) in [5, 5.41) is 8.18. The van der Waals surface area contributed by atoms with Gasteiger partial charge in [0.05, 0.1) is 11.4 Å². The lowest BCUT2D eigenvalue weighted by molar-refractivity contribution is -0.117. The Bertz CT molecular complexity index is 919. The molecule has 0 saturated carbocycles. The molecule has 0 saturated heterocycles. The van der Waals surface area contributed by atoms with Gasteiger partial charge in [0, 0.05) is 19.4 Å². The van der Waals surface area contributed by atoms with Crippen LogP contribution in [0.1, 0.15) is 44.7 Å². The molecule has 0 unspecified atom stereocenters. The summed E-state index contributed by atoms with van der Waals surface area (Å²) in [6.07, 6.45) is 0.486. The van der Waals surface area contributed by atoms with Gasteiger partial charge in [0.1, 0.15) is 5.60 Å². The van der Waals surface area contributed by atoms with Crippen LogP contribution in [0.4, 0.5) is 16.2 Å². The van der Waals surface area contributed by atoms with Crippen LogP contribution < -0.4 is 16.0 Å². The molecule has 2 aromatic rings. The second kappa shape index (κ2) is 11.2. The fourth-order valence-electron chi connectivity index (χ4n) is 2.84. The molecule has 0 atom stereocenters. The number of ether oxygens (including phenoxy) is 1. The van der Waals surface area contributed by atoms with Gasteiger partial charge in [0.2, 0.25) is 11.8 Å². The van der Waals surface area contributed by atoms with E-state index in [4.69, 9.17) is 4.74 Å². The van der Waals surface area contributed by atoms with Crippen LogP contribution in [-0.4, -0.2) is 30.1 Å². The number of amides is 3. The van der Waals surface area contributed by atoms with Crippen LogP contribution in [0.3, 0.4) is 0 Å². The number of hydrogen-bond donors (Lipinski definition) is 3. The third kappa shape index (κ3) is 9.33. The lowest BCUT2D eigenvalue weighted by Gasteiger charge is -2.19. The minimum absolute atomic E-state index is 0.0783. The Morgan fingerprint density at radius 1 is 0.871 bits per heavy atom. The summed E-state index contributed by atoms with van der Waals surface area (Å²) in [4.78, 5) is 36.3. The van der Waals surface area contributed by atoms with Crippen LogP contribution in [0, 0.1) is 6.92 Å². The summed E-state index contributed by atoms with van der Waals surface area (Å²) < 4.78 is 5.13. The first-order chi connectivity index (χ1) is 14.6. The van der Waals surface area contributed by atoms with Crippen LogP contribution in [-0.2, 0) is 20.7 Å². The standard InChI is InChI=1S/C24H31N3O4/c1-17-8-7-9-18(16-17)12-13-21(28)26-19-10-5-6-11-20(19)27-22(29)14-15-25-23(30)31-24(2,3)4/h5-11,16H,12-15H2,1-4H3,(H,25,30)(H,26,28)(H,27,29). The van der Waals surface area contributed by atoms with E-state index in [1.54, 1.807) is 45.0 Å². The quantitative estimate of drug-likeness (QED) is 0.583. The van der Waals surface area contributed by atoms with E-state index in [1.165, 1.54) is 0 Å². The normalized spacial score (nSPS) is 10.8. The molecule has 31 heavy (non-hydrogen) atoms. The highest BCUT2D eigenvalue weighted by Gasteiger charge is 2.16. The van der Waals surface area contributed by atoms with E-state index in [2.05, 4.69) is 22.0 Å². The number of para-hydroxylation sites is 2.